The zero-order chi connectivity index (χ0) is 14.1. The lowest BCUT2D eigenvalue weighted by Gasteiger charge is -2.25. The van der Waals surface area contributed by atoms with E-state index >= 15 is 0 Å². The second-order valence-electron chi connectivity index (χ2n) is 5.12. The molecule has 0 saturated carbocycles. The molecule has 0 bridgehead atoms. The van der Waals surface area contributed by atoms with Crippen molar-refractivity contribution in [2.45, 2.75) is 33.3 Å². The van der Waals surface area contributed by atoms with Gasteiger partial charge in [-0.2, -0.15) is 0 Å². The summed E-state index contributed by atoms with van der Waals surface area (Å²) in [6, 6.07) is 3.13. The van der Waals surface area contributed by atoms with Crippen molar-refractivity contribution in [3.8, 4) is 0 Å². The van der Waals surface area contributed by atoms with Crippen LogP contribution < -0.4 is 4.90 Å². The Morgan fingerprint density at radius 3 is 2.39 bits per heavy atom. The summed E-state index contributed by atoms with van der Waals surface area (Å²) in [4.78, 5) is 13.0. The van der Waals surface area contributed by atoms with Gasteiger partial charge in [-0.15, -0.1) is 0 Å². The highest BCUT2D eigenvalue weighted by atomic mass is 79.9. The van der Waals surface area contributed by atoms with Crippen LogP contribution in [-0.4, -0.2) is 18.7 Å². The molecular formula is C13H17BrFNO2. The van der Waals surface area contributed by atoms with Gasteiger partial charge >= 0.3 is 6.09 Å². The predicted molar refractivity (Wildman–Crippen MR) is 73.5 cm³/mol. The number of amides is 1. The van der Waals surface area contributed by atoms with Crippen molar-refractivity contribution in [3.63, 3.8) is 0 Å². The van der Waals surface area contributed by atoms with Crippen molar-refractivity contribution >= 4 is 27.7 Å². The van der Waals surface area contributed by atoms with E-state index in [0.717, 1.165) is 10.5 Å². The summed E-state index contributed by atoms with van der Waals surface area (Å²) >= 11 is 3.26. The van der Waals surface area contributed by atoms with Gasteiger partial charge in [-0.1, -0.05) is 0 Å². The first kappa shape index (κ1) is 15.0. The smallest absolute Gasteiger partial charge is 0.414 e. The van der Waals surface area contributed by atoms with E-state index < -0.39 is 17.5 Å². The van der Waals surface area contributed by atoms with E-state index in [1.54, 1.807) is 33.8 Å². The van der Waals surface area contributed by atoms with Crippen LogP contribution >= 0.6 is 15.9 Å². The first-order valence-electron chi connectivity index (χ1n) is 5.54. The van der Waals surface area contributed by atoms with Gasteiger partial charge in [0.25, 0.3) is 0 Å². The second-order valence-corrected chi connectivity index (χ2v) is 5.97. The molecule has 0 aromatic heterocycles. The van der Waals surface area contributed by atoms with Crippen LogP contribution in [0.25, 0.3) is 0 Å². The summed E-state index contributed by atoms with van der Waals surface area (Å²) in [5, 5.41) is 0. The van der Waals surface area contributed by atoms with Gasteiger partial charge in [0.1, 0.15) is 11.4 Å². The number of carbonyl (C=O) groups excluding carboxylic acids is 1. The molecule has 3 nitrogen and oxygen atoms in total. The number of nitrogens with zero attached hydrogens (tertiary/aromatic N) is 1. The number of anilines is 1. The van der Waals surface area contributed by atoms with E-state index in [1.165, 1.54) is 13.1 Å². The van der Waals surface area contributed by atoms with Gasteiger partial charge in [0.2, 0.25) is 0 Å². The normalized spacial score (nSPS) is 11.3. The van der Waals surface area contributed by atoms with Gasteiger partial charge in [0.05, 0.1) is 5.69 Å². The molecule has 18 heavy (non-hydrogen) atoms. The highest BCUT2D eigenvalue weighted by molar-refractivity contribution is 9.10. The molecule has 100 valence electrons. The van der Waals surface area contributed by atoms with Crippen molar-refractivity contribution < 1.29 is 13.9 Å². The Bertz CT molecular complexity index is 446. The van der Waals surface area contributed by atoms with Gasteiger partial charge in [-0.3, -0.25) is 4.90 Å². The maximum absolute atomic E-state index is 13.9. The van der Waals surface area contributed by atoms with Gasteiger partial charge in [-0.25, -0.2) is 9.18 Å². The monoisotopic (exact) mass is 317 g/mol. The average Bonchev–Trinajstić information content (AvgIpc) is 2.12. The lowest BCUT2D eigenvalue weighted by Crippen LogP contribution is -2.34. The number of halogens is 2. The maximum Gasteiger partial charge on any atom is 0.414 e. The summed E-state index contributed by atoms with van der Waals surface area (Å²) < 4.78 is 19.6. The molecule has 0 aliphatic carbocycles. The Kier molecular flexibility index (Phi) is 4.37. The quantitative estimate of drug-likeness (QED) is 0.774. The van der Waals surface area contributed by atoms with E-state index in [1.807, 2.05) is 0 Å². The number of benzene rings is 1. The first-order valence-corrected chi connectivity index (χ1v) is 6.33. The molecule has 0 N–H and O–H groups in total. The van der Waals surface area contributed by atoms with Crippen molar-refractivity contribution in [3.05, 3.63) is 28.0 Å². The topological polar surface area (TPSA) is 29.5 Å². The number of ether oxygens (including phenoxy) is 1. The number of aryl methyl sites for hydroxylation is 1. The molecule has 1 rings (SSSR count). The van der Waals surface area contributed by atoms with Crippen LogP contribution in [0.2, 0.25) is 0 Å². The van der Waals surface area contributed by atoms with Crippen molar-refractivity contribution in [1.29, 1.82) is 0 Å². The van der Waals surface area contributed by atoms with Gasteiger partial charge < -0.3 is 4.74 Å². The minimum atomic E-state index is -0.612. The minimum Gasteiger partial charge on any atom is -0.443 e. The standard InChI is InChI=1S/C13H17BrFNO2/c1-8-6-9(14)11(10(15)7-8)16(5)12(17)18-13(2,3)4/h6-7H,1-5H3. The molecule has 0 spiro atoms. The Morgan fingerprint density at radius 2 is 1.94 bits per heavy atom. The molecule has 0 unspecified atom stereocenters. The summed E-state index contributed by atoms with van der Waals surface area (Å²) in [7, 11) is 1.48. The number of hydrogen-bond donors (Lipinski definition) is 0. The summed E-state index contributed by atoms with van der Waals surface area (Å²) in [5.41, 5.74) is 0.342. The van der Waals surface area contributed by atoms with Crippen LogP contribution in [0.5, 0.6) is 0 Å². The molecule has 0 aliphatic rings. The number of rotatable bonds is 1. The summed E-state index contributed by atoms with van der Waals surface area (Å²) in [6.45, 7) is 7.07. The van der Waals surface area contributed by atoms with Crippen molar-refractivity contribution in [2.24, 2.45) is 0 Å². The highest BCUT2D eigenvalue weighted by Crippen LogP contribution is 2.30. The Labute approximate surface area is 115 Å². The molecule has 0 radical (unpaired) electrons. The third kappa shape index (κ3) is 3.70. The minimum absolute atomic E-state index is 0.176. The summed E-state index contributed by atoms with van der Waals surface area (Å²) in [5.74, 6) is -0.463. The third-order valence-corrected chi connectivity index (χ3v) is 2.77. The van der Waals surface area contributed by atoms with Crippen LogP contribution in [0.1, 0.15) is 26.3 Å². The average molecular weight is 318 g/mol. The van der Waals surface area contributed by atoms with Crippen LogP contribution in [-0.2, 0) is 4.74 Å². The molecule has 0 atom stereocenters. The van der Waals surface area contributed by atoms with E-state index in [2.05, 4.69) is 15.9 Å². The van der Waals surface area contributed by atoms with E-state index in [-0.39, 0.29) is 5.69 Å². The molecule has 1 aromatic carbocycles. The van der Waals surface area contributed by atoms with Gasteiger partial charge in [0, 0.05) is 11.5 Å². The molecule has 1 aromatic rings. The van der Waals surface area contributed by atoms with E-state index in [4.69, 9.17) is 4.74 Å². The zero-order valence-corrected chi connectivity index (χ0v) is 12.8. The summed E-state index contributed by atoms with van der Waals surface area (Å²) in [6.07, 6.45) is -0.592. The van der Waals surface area contributed by atoms with Crippen molar-refractivity contribution in [1.82, 2.24) is 0 Å². The van der Waals surface area contributed by atoms with E-state index in [9.17, 15) is 9.18 Å². The van der Waals surface area contributed by atoms with Crippen LogP contribution in [0.3, 0.4) is 0 Å². The third-order valence-electron chi connectivity index (χ3n) is 2.16. The van der Waals surface area contributed by atoms with Gasteiger partial charge in [0.15, 0.2) is 0 Å². The predicted octanol–water partition coefficient (Wildman–Crippen LogP) is 4.27. The first-order chi connectivity index (χ1) is 8.11. The Morgan fingerprint density at radius 1 is 1.39 bits per heavy atom. The molecular weight excluding hydrogens is 301 g/mol. The number of hydrogen-bond acceptors (Lipinski definition) is 2. The van der Waals surface area contributed by atoms with Crippen LogP contribution in [0.15, 0.2) is 16.6 Å². The SMILES string of the molecule is Cc1cc(F)c(N(C)C(=O)OC(C)(C)C)c(Br)c1. The Balaban J connectivity index is 3.04. The Hall–Kier alpha value is -1.10. The van der Waals surface area contributed by atoms with Crippen molar-refractivity contribution in [2.75, 3.05) is 11.9 Å². The lowest BCUT2D eigenvalue weighted by atomic mass is 10.2. The largest absolute Gasteiger partial charge is 0.443 e. The number of carbonyl (C=O) groups is 1. The maximum atomic E-state index is 13.9. The van der Waals surface area contributed by atoms with E-state index in [0.29, 0.717) is 4.47 Å². The van der Waals surface area contributed by atoms with Gasteiger partial charge in [-0.05, 0) is 61.3 Å². The molecule has 1 amide bonds. The fourth-order valence-corrected chi connectivity index (χ4v) is 2.25. The second kappa shape index (κ2) is 5.26. The molecule has 0 fully saturated rings. The molecule has 0 heterocycles. The lowest BCUT2D eigenvalue weighted by molar-refractivity contribution is 0.0588. The van der Waals surface area contributed by atoms with Crippen LogP contribution in [0.4, 0.5) is 14.9 Å². The molecule has 0 saturated heterocycles. The molecule has 0 aliphatic heterocycles. The fourth-order valence-electron chi connectivity index (χ4n) is 1.43. The molecule has 5 heteroatoms. The zero-order valence-electron chi connectivity index (χ0n) is 11.2. The van der Waals surface area contributed by atoms with Crippen LogP contribution in [0, 0.1) is 12.7 Å². The highest BCUT2D eigenvalue weighted by Gasteiger charge is 2.24. The fraction of sp³-hybridized carbons (Fsp3) is 0.462.